The molecular formula is C17H30N2O4. The fourth-order valence-corrected chi connectivity index (χ4v) is 2.21. The minimum atomic E-state index is -0.663. The van der Waals surface area contributed by atoms with Gasteiger partial charge in [0.25, 0.3) is 0 Å². The lowest BCUT2D eigenvalue weighted by atomic mass is 9.94. The van der Waals surface area contributed by atoms with E-state index in [9.17, 15) is 19.2 Å². The predicted octanol–water partition coefficient (Wildman–Crippen LogP) is 2.36. The van der Waals surface area contributed by atoms with Gasteiger partial charge < -0.3 is 0 Å². The van der Waals surface area contributed by atoms with Crippen LogP contribution in [0.2, 0.25) is 0 Å². The third-order valence-corrected chi connectivity index (χ3v) is 3.91. The van der Waals surface area contributed by atoms with Crippen LogP contribution in [0.4, 0.5) is 0 Å². The first-order chi connectivity index (χ1) is 10.3. The van der Waals surface area contributed by atoms with Gasteiger partial charge in [0.05, 0.1) is 0 Å². The fraction of sp³-hybridized carbons (Fsp3) is 0.765. The Morgan fingerprint density at radius 1 is 0.870 bits per heavy atom. The summed E-state index contributed by atoms with van der Waals surface area (Å²) in [6, 6.07) is 0. The molecule has 0 unspecified atom stereocenters. The minimum absolute atomic E-state index is 0.0936. The zero-order chi connectivity index (χ0) is 18.6. The molecule has 0 saturated carbocycles. The van der Waals surface area contributed by atoms with E-state index in [0.29, 0.717) is 6.42 Å². The van der Waals surface area contributed by atoms with E-state index in [1.165, 1.54) is 18.9 Å². The van der Waals surface area contributed by atoms with E-state index < -0.39 is 22.8 Å². The van der Waals surface area contributed by atoms with Crippen LogP contribution in [-0.2, 0) is 19.2 Å². The van der Waals surface area contributed by atoms with Crippen molar-refractivity contribution in [3.63, 3.8) is 0 Å². The van der Waals surface area contributed by atoms with E-state index >= 15 is 0 Å². The summed E-state index contributed by atoms with van der Waals surface area (Å²) < 4.78 is 0. The normalized spacial score (nSPS) is 11.8. The zero-order valence-corrected chi connectivity index (χ0v) is 15.6. The van der Waals surface area contributed by atoms with Crippen molar-refractivity contribution in [2.24, 2.45) is 5.41 Å². The minimum Gasteiger partial charge on any atom is -0.285 e. The number of hydrogen-bond acceptors (Lipinski definition) is 4. The lowest BCUT2D eigenvalue weighted by molar-refractivity contribution is -0.153. The van der Waals surface area contributed by atoms with E-state index in [1.54, 1.807) is 20.8 Å². The molecule has 0 spiro atoms. The molecule has 0 radical (unpaired) electrons. The highest BCUT2D eigenvalue weighted by atomic mass is 16.2. The van der Waals surface area contributed by atoms with Crippen LogP contribution in [0.5, 0.6) is 0 Å². The molecule has 6 heteroatoms. The van der Waals surface area contributed by atoms with Crippen molar-refractivity contribution >= 4 is 23.6 Å². The molecule has 0 heterocycles. The second-order valence-corrected chi connectivity index (χ2v) is 7.42. The predicted molar refractivity (Wildman–Crippen MR) is 88.4 cm³/mol. The van der Waals surface area contributed by atoms with Crippen molar-refractivity contribution in [2.75, 3.05) is 7.05 Å². The van der Waals surface area contributed by atoms with Gasteiger partial charge in [-0.1, -0.05) is 27.7 Å². The molecule has 132 valence electrons. The van der Waals surface area contributed by atoms with Gasteiger partial charge in [0.1, 0.15) is 0 Å². The summed E-state index contributed by atoms with van der Waals surface area (Å²) in [5, 5.41) is 0. The first-order valence-corrected chi connectivity index (χ1v) is 7.90. The molecule has 6 nitrogen and oxygen atoms in total. The number of carbonyl (C=O) groups excluding carboxylic acids is 4. The van der Waals surface area contributed by atoms with Crippen LogP contribution in [0, 0.1) is 5.41 Å². The number of carbonyl (C=O) groups is 4. The van der Waals surface area contributed by atoms with Gasteiger partial charge in [-0.2, -0.15) is 0 Å². The molecule has 0 rings (SSSR count). The fourth-order valence-electron chi connectivity index (χ4n) is 2.21. The van der Waals surface area contributed by atoms with Crippen molar-refractivity contribution in [1.29, 1.82) is 0 Å². The third kappa shape index (κ3) is 5.77. The summed E-state index contributed by atoms with van der Waals surface area (Å²) in [5.41, 5.74) is -1.26. The second kappa shape index (κ2) is 7.70. The Kier molecular flexibility index (Phi) is 7.13. The molecule has 0 aliphatic carbocycles. The van der Waals surface area contributed by atoms with Gasteiger partial charge in [-0.15, -0.1) is 0 Å². The molecule has 0 atom stereocenters. The van der Waals surface area contributed by atoms with Gasteiger partial charge in [0.15, 0.2) is 0 Å². The Morgan fingerprint density at radius 3 is 1.65 bits per heavy atom. The maximum Gasteiger partial charge on any atom is 0.234 e. The molecule has 0 aliphatic heterocycles. The standard InChI is InChI=1S/C17H30N2O4/c1-9-17(6,7)19(12(2)20)14(22)11-10-13(21)18(8)15(23)16(3,4)5/h9-11H2,1-8H3. The SMILES string of the molecule is CCC(C)(C)N(C(C)=O)C(=O)CCC(=O)N(C)C(=O)C(C)(C)C. The first-order valence-electron chi connectivity index (χ1n) is 7.90. The summed E-state index contributed by atoms with van der Waals surface area (Å²) in [7, 11) is 1.42. The van der Waals surface area contributed by atoms with E-state index in [0.717, 1.165) is 4.90 Å². The molecule has 0 saturated heterocycles. The van der Waals surface area contributed by atoms with Crippen LogP contribution in [0.15, 0.2) is 0 Å². The van der Waals surface area contributed by atoms with Crippen molar-refractivity contribution < 1.29 is 19.2 Å². The third-order valence-electron chi connectivity index (χ3n) is 3.91. The summed E-state index contributed by atoms with van der Waals surface area (Å²) >= 11 is 0. The summed E-state index contributed by atoms with van der Waals surface area (Å²) in [6.45, 7) is 12.0. The molecule has 0 aromatic heterocycles. The second-order valence-electron chi connectivity index (χ2n) is 7.42. The number of rotatable bonds is 5. The summed E-state index contributed by atoms with van der Waals surface area (Å²) in [6.07, 6.45) is 0.430. The molecule has 23 heavy (non-hydrogen) atoms. The van der Waals surface area contributed by atoms with Crippen molar-refractivity contribution in [3.05, 3.63) is 0 Å². The maximum atomic E-state index is 12.3. The topological polar surface area (TPSA) is 74.8 Å². The van der Waals surface area contributed by atoms with E-state index in [1.807, 2.05) is 20.8 Å². The average molecular weight is 326 g/mol. The van der Waals surface area contributed by atoms with Crippen LogP contribution >= 0.6 is 0 Å². The van der Waals surface area contributed by atoms with Crippen molar-refractivity contribution in [3.8, 4) is 0 Å². The molecule has 0 N–H and O–H groups in total. The maximum absolute atomic E-state index is 12.3. The molecule has 0 fully saturated rings. The number of imide groups is 2. The molecule has 0 aliphatic rings. The van der Waals surface area contributed by atoms with Crippen LogP contribution in [0.3, 0.4) is 0 Å². The Balaban J connectivity index is 4.90. The van der Waals surface area contributed by atoms with Gasteiger partial charge in [-0.25, -0.2) is 0 Å². The van der Waals surface area contributed by atoms with Crippen LogP contribution in [0.1, 0.15) is 67.7 Å². The molecule has 0 aromatic carbocycles. The molecular weight excluding hydrogens is 296 g/mol. The van der Waals surface area contributed by atoms with Crippen LogP contribution in [0.25, 0.3) is 0 Å². The van der Waals surface area contributed by atoms with E-state index in [-0.39, 0.29) is 24.7 Å². The molecule has 4 amide bonds. The van der Waals surface area contributed by atoms with Gasteiger partial charge in [-0.3, -0.25) is 29.0 Å². The highest BCUT2D eigenvalue weighted by molar-refractivity contribution is 6.00. The highest BCUT2D eigenvalue weighted by Gasteiger charge is 2.33. The van der Waals surface area contributed by atoms with Crippen LogP contribution in [-0.4, -0.2) is 46.0 Å². The Labute approximate surface area is 139 Å². The van der Waals surface area contributed by atoms with Crippen LogP contribution < -0.4 is 0 Å². The highest BCUT2D eigenvalue weighted by Crippen LogP contribution is 2.21. The van der Waals surface area contributed by atoms with Crippen molar-refractivity contribution in [1.82, 2.24) is 9.80 Å². The Hall–Kier alpha value is -1.72. The monoisotopic (exact) mass is 326 g/mol. The van der Waals surface area contributed by atoms with E-state index in [4.69, 9.17) is 0 Å². The lowest BCUT2D eigenvalue weighted by Crippen LogP contribution is -2.50. The Bertz CT molecular complexity index is 489. The quantitative estimate of drug-likeness (QED) is 0.777. The number of hydrogen-bond donors (Lipinski definition) is 0. The Morgan fingerprint density at radius 2 is 1.30 bits per heavy atom. The molecule has 0 aromatic rings. The first kappa shape index (κ1) is 21.3. The largest absolute Gasteiger partial charge is 0.285 e. The number of nitrogens with zero attached hydrogens (tertiary/aromatic N) is 2. The number of amides is 4. The van der Waals surface area contributed by atoms with Crippen molar-refractivity contribution in [2.45, 2.75) is 73.3 Å². The summed E-state index contributed by atoms with van der Waals surface area (Å²) in [5.74, 6) is -1.45. The molecule has 0 bridgehead atoms. The van der Waals surface area contributed by atoms with Gasteiger partial charge in [0.2, 0.25) is 23.6 Å². The zero-order valence-electron chi connectivity index (χ0n) is 15.6. The summed E-state index contributed by atoms with van der Waals surface area (Å²) in [4.78, 5) is 50.5. The average Bonchev–Trinajstić information content (AvgIpc) is 2.41. The van der Waals surface area contributed by atoms with Gasteiger partial charge in [-0.05, 0) is 20.3 Å². The van der Waals surface area contributed by atoms with E-state index in [2.05, 4.69) is 0 Å². The van der Waals surface area contributed by atoms with Gasteiger partial charge in [0, 0.05) is 37.8 Å². The van der Waals surface area contributed by atoms with Gasteiger partial charge >= 0.3 is 0 Å². The smallest absolute Gasteiger partial charge is 0.234 e. The lowest BCUT2D eigenvalue weighted by Gasteiger charge is -2.35.